The van der Waals surface area contributed by atoms with E-state index in [0.717, 1.165) is 0 Å². The average Bonchev–Trinajstić information content (AvgIpc) is 1.73. The highest BCUT2D eigenvalue weighted by molar-refractivity contribution is 6.87. The molecule has 0 saturated heterocycles. The van der Waals surface area contributed by atoms with Gasteiger partial charge in [-0.1, -0.05) is 29.7 Å². The molecule has 0 rings (SSSR count). The van der Waals surface area contributed by atoms with E-state index in [9.17, 15) is 9.59 Å². The van der Waals surface area contributed by atoms with Crippen LogP contribution in [0.4, 0.5) is 0 Å². The molecule has 0 bridgehead atoms. The first-order valence-electron chi connectivity index (χ1n) is 4.68. The topological polar surface area (TPSA) is 83.8 Å². The van der Waals surface area contributed by atoms with Crippen LogP contribution in [-0.2, 0) is 13.7 Å². The maximum atomic E-state index is 10.6. The Morgan fingerprint density at radius 2 is 1.00 bits per heavy atom. The molecule has 0 amide bonds. The Morgan fingerprint density at radius 1 is 0.789 bits per heavy atom. The fourth-order valence-corrected chi connectivity index (χ4v) is 9.57. The Labute approximate surface area is 121 Å². The molecular weight excluding hydrogens is 280 g/mol. The van der Waals surface area contributed by atoms with E-state index in [1.165, 1.54) is 0 Å². The summed E-state index contributed by atoms with van der Waals surface area (Å²) in [6, 6.07) is 0.0338. The van der Waals surface area contributed by atoms with Gasteiger partial charge in [-0.3, -0.25) is 9.59 Å². The first-order chi connectivity index (χ1) is 6.54. The maximum absolute atomic E-state index is 10.6. The van der Waals surface area contributed by atoms with Crippen LogP contribution in [0.5, 0.6) is 0 Å². The van der Waals surface area contributed by atoms with E-state index in [1.807, 2.05) is 0 Å². The summed E-state index contributed by atoms with van der Waals surface area (Å²) < 4.78 is 5.76. The molecule has 0 aromatic carbocycles. The van der Waals surface area contributed by atoms with Crippen molar-refractivity contribution in [1.29, 1.82) is 0 Å². The highest BCUT2D eigenvalue weighted by Crippen LogP contribution is 2.21. The second-order valence-electron chi connectivity index (χ2n) is 4.76. The van der Waals surface area contributed by atoms with Crippen LogP contribution < -0.4 is 0 Å². The number of hydrogen-bond acceptors (Lipinski definition) is 3. The quantitative estimate of drug-likeness (QED) is 0.720. The monoisotopic (exact) mass is 314 g/mol. The number of carbonyl (C=O) groups is 2. The molecule has 19 heavy (non-hydrogen) atoms. The zero-order valence-corrected chi connectivity index (χ0v) is 11.5. The molecule has 0 heterocycles. The van der Waals surface area contributed by atoms with Crippen molar-refractivity contribution in [2.24, 2.45) is 0 Å². The minimum atomic E-state index is -2.27. The third-order valence-corrected chi connectivity index (χ3v) is 8.43. The molecule has 7 heteroatoms. The molecule has 2 N–H and O–H groups in total. The van der Waals surface area contributed by atoms with Crippen LogP contribution >= 0.6 is 0 Å². The predicted octanol–water partition coefficient (Wildman–Crippen LogP) is 4.13. The lowest BCUT2D eigenvalue weighted by molar-refractivity contribution is -0.135. The molecule has 0 aromatic heterocycles. The Bertz CT molecular complexity index is 239. The summed E-state index contributed by atoms with van der Waals surface area (Å²) in [5, 5.41) is 17.4. The minimum absolute atomic E-state index is 0. The molecule has 0 fully saturated rings. The second kappa shape index (κ2) is 11.2. The lowest BCUT2D eigenvalue weighted by Gasteiger charge is -2.31. The second-order valence-corrected chi connectivity index (χ2v) is 13.3. The van der Waals surface area contributed by atoms with Gasteiger partial charge in [0.2, 0.25) is 0 Å². The standard InChI is InChI=1S/C8H18O5Si2.4CH4/c1-14(2,5-7(9)10)13-15(3,4)6-8(11)12;;;;/h5-6H2,1-4H3,(H,9,10)(H,11,12);4*1H4. The highest BCUT2D eigenvalue weighted by Gasteiger charge is 2.36. The van der Waals surface area contributed by atoms with E-state index in [1.54, 1.807) is 26.2 Å². The highest BCUT2D eigenvalue weighted by atomic mass is 28.4. The lowest BCUT2D eigenvalue weighted by atomic mass is 10.8. The number of aliphatic carboxylic acids is 2. The predicted molar refractivity (Wildman–Crippen MR) is 87.9 cm³/mol. The SMILES string of the molecule is C.C.C.C.C[Si](C)(CC(=O)O)O[Si](C)(C)CC(=O)O. The molecule has 0 aliphatic carbocycles. The van der Waals surface area contributed by atoms with Crippen LogP contribution in [-0.4, -0.2) is 38.8 Å². The minimum Gasteiger partial charge on any atom is -0.481 e. The number of hydrogen-bond donors (Lipinski definition) is 2. The van der Waals surface area contributed by atoms with Crippen molar-refractivity contribution in [3.05, 3.63) is 0 Å². The van der Waals surface area contributed by atoms with Crippen LogP contribution in [0.1, 0.15) is 29.7 Å². The molecule has 0 aliphatic rings. The van der Waals surface area contributed by atoms with Crippen molar-refractivity contribution < 1.29 is 23.9 Å². The summed E-state index contributed by atoms with van der Waals surface area (Å²) in [5.74, 6) is -1.77. The molecule has 0 unspecified atom stereocenters. The summed E-state index contributed by atoms with van der Waals surface area (Å²) in [6.45, 7) is 7.21. The summed E-state index contributed by atoms with van der Waals surface area (Å²) in [7, 11) is -4.54. The fourth-order valence-electron chi connectivity index (χ4n) is 1.55. The van der Waals surface area contributed by atoms with E-state index < -0.39 is 28.6 Å². The molecule has 0 saturated carbocycles. The maximum Gasteiger partial charge on any atom is 0.302 e. The summed E-state index contributed by atoms with van der Waals surface area (Å²) in [4.78, 5) is 21.2. The van der Waals surface area contributed by atoms with Crippen molar-refractivity contribution in [3.8, 4) is 0 Å². The van der Waals surface area contributed by atoms with Gasteiger partial charge in [-0.25, -0.2) is 0 Å². The van der Waals surface area contributed by atoms with Gasteiger partial charge in [0.05, 0.1) is 12.1 Å². The van der Waals surface area contributed by atoms with Crippen molar-refractivity contribution in [2.75, 3.05) is 0 Å². The fraction of sp³-hybridized carbons (Fsp3) is 0.833. The first kappa shape index (κ1) is 31.0. The smallest absolute Gasteiger partial charge is 0.302 e. The largest absolute Gasteiger partial charge is 0.481 e. The van der Waals surface area contributed by atoms with Crippen LogP contribution in [0.2, 0.25) is 38.3 Å². The normalized spacial score (nSPS) is 9.89. The van der Waals surface area contributed by atoms with Crippen LogP contribution in [0.3, 0.4) is 0 Å². The Hall–Kier alpha value is -0.666. The molecule has 5 nitrogen and oxygen atoms in total. The lowest BCUT2D eigenvalue weighted by Crippen LogP contribution is -2.46. The van der Waals surface area contributed by atoms with Gasteiger partial charge in [0, 0.05) is 0 Å². The molecular formula is C12H34O5Si2. The zero-order valence-electron chi connectivity index (χ0n) is 9.53. The molecule has 0 aliphatic heterocycles. The van der Waals surface area contributed by atoms with Crippen LogP contribution in [0.15, 0.2) is 0 Å². The van der Waals surface area contributed by atoms with Crippen molar-refractivity contribution in [3.63, 3.8) is 0 Å². The van der Waals surface area contributed by atoms with E-state index in [2.05, 4.69) is 0 Å². The van der Waals surface area contributed by atoms with Gasteiger partial charge in [0.15, 0.2) is 16.6 Å². The number of carboxylic acids is 2. The van der Waals surface area contributed by atoms with Gasteiger partial charge in [-0.2, -0.15) is 0 Å². The van der Waals surface area contributed by atoms with Gasteiger partial charge in [-0.15, -0.1) is 0 Å². The summed E-state index contributed by atoms with van der Waals surface area (Å²) in [6.07, 6.45) is 0. The van der Waals surface area contributed by atoms with E-state index in [0.29, 0.717) is 0 Å². The van der Waals surface area contributed by atoms with Crippen LogP contribution in [0.25, 0.3) is 0 Å². The third kappa shape index (κ3) is 17.3. The van der Waals surface area contributed by atoms with Gasteiger partial charge in [0.1, 0.15) is 0 Å². The number of carboxylic acid groups (broad SMARTS) is 2. The summed E-state index contributed by atoms with van der Waals surface area (Å²) in [5.41, 5.74) is 0. The third-order valence-electron chi connectivity index (χ3n) is 1.71. The van der Waals surface area contributed by atoms with Gasteiger partial charge >= 0.3 is 11.9 Å². The van der Waals surface area contributed by atoms with Crippen molar-refractivity contribution in [2.45, 2.75) is 68.0 Å². The number of rotatable bonds is 6. The molecule has 0 radical (unpaired) electrons. The molecule has 120 valence electrons. The molecule has 0 atom stereocenters. The van der Waals surface area contributed by atoms with Crippen molar-refractivity contribution >= 4 is 28.6 Å². The Morgan fingerprint density at radius 3 is 1.16 bits per heavy atom. The molecule has 0 aromatic rings. The first-order valence-corrected chi connectivity index (χ1v) is 10.9. The van der Waals surface area contributed by atoms with Crippen LogP contribution in [0, 0.1) is 0 Å². The van der Waals surface area contributed by atoms with E-state index in [-0.39, 0.29) is 41.8 Å². The zero-order chi connectivity index (χ0) is 12.3. The van der Waals surface area contributed by atoms with Crippen molar-refractivity contribution in [1.82, 2.24) is 0 Å². The van der Waals surface area contributed by atoms with E-state index >= 15 is 0 Å². The average molecular weight is 315 g/mol. The Kier molecular flexibility index (Phi) is 18.2. The van der Waals surface area contributed by atoms with Gasteiger partial charge in [0.25, 0.3) is 0 Å². The van der Waals surface area contributed by atoms with Gasteiger partial charge in [-0.05, 0) is 26.2 Å². The molecule has 0 spiro atoms. The Balaban J connectivity index is -0.000000163. The summed E-state index contributed by atoms with van der Waals surface area (Å²) >= 11 is 0. The van der Waals surface area contributed by atoms with E-state index in [4.69, 9.17) is 14.3 Å². The van der Waals surface area contributed by atoms with Gasteiger partial charge < -0.3 is 14.3 Å².